The molecule has 1 fully saturated rings. The predicted molar refractivity (Wildman–Crippen MR) is 15.6 cm³/mol. The molecule has 0 saturated heterocycles. The van der Waals surface area contributed by atoms with Crippen LogP contribution in [0.25, 0.3) is 0 Å². The van der Waals surface area contributed by atoms with E-state index in [1.807, 2.05) is 0 Å². The van der Waals surface area contributed by atoms with Crippen molar-refractivity contribution in [1.82, 2.24) is 0 Å². The van der Waals surface area contributed by atoms with Gasteiger partial charge in [-0.25, -0.2) is 8.78 Å². The average molecular weight is 94.1 g/mol. The molecule has 0 aromatic rings. The van der Waals surface area contributed by atoms with Gasteiger partial charge in [-0.15, -0.1) is 0 Å². The molecule has 0 aromatic heterocycles. The van der Waals surface area contributed by atoms with Crippen molar-refractivity contribution < 1.29 is 13.9 Å². The van der Waals surface area contributed by atoms with Crippen LogP contribution in [0.15, 0.2) is 0 Å². The highest BCUT2D eigenvalue weighted by Gasteiger charge is 2.56. The van der Waals surface area contributed by atoms with Gasteiger partial charge in [-0.2, -0.15) is 0 Å². The fraction of sp³-hybridized carbons (Fsp3) is 1.00. The van der Waals surface area contributed by atoms with Gasteiger partial charge in [0.25, 0.3) is 5.92 Å². The van der Waals surface area contributed by atoms with E-state index in [0.717, 1.165) is 0 Å². The van der Waals surface area contributed by atoms with Crippen LogP contribution in [0.4, 0.5) is 8.78 Å². The second-order valence-corrected chi connectivity index (χ2v) is 1.48. The van der Waals surface area contributed by atoms with E-state index in [0.29, 0.717) is 0 Å². The van der Waals surface area contributed by atoms with Gasteiger partial charge in [-0.1, -0.05) is 0 Å². The van der Waals surface area contributed by atoms with Crippen molar-refractivity contribution in [3.05, 3.63) is 0 Å². The fourth-order valence-electron chi connectivity index (χ4n) is 0.199. The molecule has 0 radical (unpaired) electrons. The normalized spacial score (nSPS) is 39.5. The lowest BCUT2D eigenvalue weighted by Crippen LogP contribution is -1.94. The second kappa shape index (κ2) is 0.729. The molecule has 3 heteroatoms. The van der Waals surface area contributed by atoms with Gasteiger partial charge in [-0.3, -0.25) is 0 Å². The van der Waals surface area contributed by atoms with Crippen molar-refractivity contribution in [2.24, 2.45) is 0 Å². The number of alkyl halides is 2. The molecule has 0 amide bonds. The molecule has 0 spiro atoms. The number of hydrogen-bond acceptors (Lipinski definition) is 1. The van der Waals surface area contributed by atoms with E-state index in [2.05, 4.69) is 0 Å². The van der Waals surface area contributed by atoms with E-state index in [9.17, 15) is 8.78 Å². The van der Waals surface area contributed by atoms with Crippen molar-refractivity contribution in [3.8, 4) is 0 Å². The van der Waals surface area contributed by atoms with Crippen molar-refractivity contribution in [1.29, 1.82) is 0 Å². The Bertz CT molecular complexity index is 71.2. The molecular weight excluding hydrogens is 90.0 g/mol. The summed E-state index contributed by atoms with van der Waals surface area (Å²) in [5, 5.41) is 7.94. The lowest BCUT2D eigenvalue weighted by atomic mass is 10.8. The van der Waals surface area contributed by atoms with Crippen LogP contribution in [0.5, 0.6) is 0 Å². The molecule has 1 aliphatic rings. The third-order valence-corrected chi connectivity index (χ3v) is 0.793. The summed E-state index contributed by atoms with van der Waals surface area (Å²) < 4.78 is 22.6. The Morgan fingerprint density at radius 2 is 1.83 bits per heavy atom. The van der Waals surface area contributed by atoms with Gasteiger partial charge in [0.1, 0.15) is 6.10 Å². The molecule has 1 saturated carbocycles. The minimum absolute atomic E-state index is 0.340. The average Bonchev–Trinajstić information content (AvgIpc) is 1.73. The maximum atomic E-state index is 11.3. The van der Waals surface area contributed by atoms with Gasteiger partial charge < -0.3 is 5.11 Å². The minimum atomic E-state index is -2.74. The molecular formula is C3H4F2O. The summed E-state index contributed by atoms with van der Waals surface area (Å²) in [5.41, 5.74) is 0. The summed E-state index contributed by atoms with van der Waals surface area (Å²) in [7, 11) is 0. The molecule has 0 aliphatic heterocycles. The van der Waals surface area contributed by atoms with Gasteiger partial charge in [0.15, 0.2) is 0 Å². The predicted octanol–water partition coefficient (Wildman–Crippen LogP) is 0.386. The van der Waals surface area contributed by atoms with Crippen LogP contribution in [0.2, 0.25) is 0 Å². The molecule has 0 bridgehead atoms. The van der Waals surface area contributed by atoms with E-state index in [4.69, 9.17) is 5.11 Å². The largest absolute Gasteiger partial charge is 0.387 e. The first-order valence-corrected chi connectivity index (χ1v) is 1.69. The van der Waals surface area contributed by atoms with Crippen molar-refractivity contribution in [2.75, 3.05) is 0 Å². The number of hydrogen-bond donors (Lipinski definition) is 1. The molecule has 1 rings (SSSR count). The number of halogens is 2. The first kappa shape index (κ1) is 3.99. The van der Waals surface area contributed by atoms with Crippen LogP contribution >= 0.6 is 0 Å². The highest BCUT2D eigenvalue weighted by atomic mass is 19.3. The van der Waals surface area contributed by atoms with E-state index >= 15 is 0 Å². The Morgan fingerprint density at radius 1 is 1.67 bits per heavy atom. The molecule has 1 nitrogen and oxygen atoms in total. The van der Waals surface area contributed by atoms with Crippen LogP contribution in [0.1, 0.15) is 6.42 Å². The Kier molecular flexibility index (Phi) is 0.485. The van der Waals surface area contributed by atoms with Gasteiger partial charge in [0.2, 0.25) is 0 Å². The summed E-state index contributed by atoms with van der Waals surface area (Å²) in [6.45, 7) is 0. The maximum Gasteiger partial charge on any atom is 0.276 e. The van der Waals surface area contributed by atoms with Crippen molar-refractivity contribution in [2.45, 2.75) is 18.4 Å². The van der Waals surface area contributed by atoms with Crippen LogP contribution in [0.3, 0.4) is 0 Å². The zero-order valence-corrected chi connectivity index (χ0v) is 2.99. The maximum absolute atomic E-state index is 11.3. The lowest BCUT2D eigenvalue weighted by Gasteiger charge is -1.81. The summed E-state index contributed by atoms with van der Waals surface area (Å²) in [5.74, 6) is -2.74. The topological polar surface area (TPSA) is 20.2 Å². The molecule has 0 aromatic carbocycles. The molecule has 0 unspecified atom stereocenters. The number of aliphatic hydroxyl groups is 1. The van der Waals surface area contributed by atoms with Gasteiger partial charge >= 0.3 is 0 Å². The van der Waals surface area contributed by atoms with Gasteiger partial charge in [0, 0.05) is 6.42 Å². The Balaban J connectivity index is 2.41. The van der Waals surface area contributed by atoms with E-state index < -0.39 is 12.0 Å². The quantitative estimate of drug-likeness (QED) is 0.460. The number of aliphatic hydroxyl groups excluding tert-OH is 1. The smallest absolute Gasteiger partial charge is 0.276 e. The van der Waals surface area contributed by atoms with Gasteiger partial charge in [-0.05, 0) is 0 Å². The zero-order valence-electron chi connectivity index (χ0n) is 2.99. The molecule has 0 heterocycles. The first-order valence-electron chi connectivity index (χ1n) is 1.69. The summed E-state index contributed by atoms with van der Waals surface area (Å²) in [6.07, 6.45) is -1.68. The summed E-state index contributed by atoms with van der Waals surface area (Å²) >= 11 is 0. The van der Waals surface area contributed by atoms with Crippen molar-refractivity contribution in [3.63, 3.8) is 0 Å². The molecule has 1 aliphatic carbocycles. The second-order valence-electron chi connectivity index (χ2n) is 1.48. The van der Waals surface area contributed by atoms with E-state index in [-0.39, 0.29) is 6.42 Å². The monoisotopic (exact) mass is 94.0 g/mol. The molecule has 36 valence electrons. The molecule has 6 heavy (non-hydrogen) atoms. The van der Waals surface area contributed by atoms with Crippen LogP contribution in [-0.2, 0) is 0 Å². The van der Waals surface area contributed by atoms with Crippen LogP contribution in [-0.4, -0.2) is 17.1 Å². The highest BCUT2D eigenvalue weighted by molar-refractivity contribution is 4.94. The van der Waals surface area contributed by atoms with E-state index in [1.165, 1.54) is 0 Å². The lowest BCUT2D eigenvalue weighted by molar-refractivity contribution is 0.0574. The molecule has 1 atom stereocenters. The summed E-state index contributed by atoms with van der Waals surface area (Å²) in [6, 6.07) is 0. The zero-order chi connectivity index (χ0) is 4.78. The Morgan fingerprint density at radius 3 is 1.83 bits per heavy atom. The van der Waals surface area contributed by atoms with Crippen molar-refractivity contribution >= 4 is 0 Å². The third kappa shape index (κ3) is 0.391. The first-order chi connectivity index (χ1) is 2.63. The summed E-state index contributed by atoms with van der Waals surface area (Å²) in [4.78, 5) is 0. The van der Waals surface area contributed by atoms with E-state index in [1.54, 1.807) is 0 Å². The fourth-order valence-corrected chi connectivity index (χ4v) is 0.199. The van der Waals surface area contributed by atoms with Crippen LogP contribution in [0, 0.1) is 0 Å². The van der Waals surface area contributed by atoms with Crippen LogP contribution < -0.4 is 0 Å². The highest BCUT2D eigenvalue weighted by Crippen LogP contribution is 2.41. The Hall–Kier alpha value is -0.180. The Labute approximate surface area is 33.6 Å². The SMILES string of the molecule is O[C@@H]1CC1(F)F. The van der Waals surface area contributed by atoms with Gasteiger partial charge in [0.05, 0.1) is 0 Å². The number of rotatable bonds is 0. The minimum Gasteiger partial charge on any atom is -0.387 e. The third-order valence-electron chi connectivity index (χ3n) is 0.793. The standard InChI is InChI=1S/C3H4F2O/c4-3(5)1-2(3)6/h2,6H,1H2/t2-/m1/s1. The molecule has 1 N–H and O–H groups in total.